The van der Waals surface area contributed by atoms with E-state index < -0.39 is 5.91 Å². The molecule has 9 heteroatoms. The van der Waals surface area contributed by atoms with Crippen molar-refractivity contribution in [3.8, 4) is 0 Å². The smallest absolute Gasteiger partial charge is 0.271 e. The summed E-state index contributed by atoms with van der Waals surface area (Å²) in [6.07, 6.45) is 6.80. The first-order valence-electron chi connectivity index (χ1n) is 8.68. The molecule has 0 unspecified atom stereocenters. The molecule has 0 fully saturated rings. The van der Waals surface area contributed by atoms with Crippen molar-refractivity contribution in [2.75, 3.05) is 6.54 Å². The summed E-state index contributed by atoms with van der Waals surface area (Å²) in [5.74, 6) is 0.227. The maximum atomic E-state index is 12.4. The second kappa shape index (κ2) is 8.35. The summed E-state index contributed by atoms with van der Waals surface area (Å²) in [6, 6.07) is 5.30. The van der Waals surface area contributed by atoms with Gasteiger partial charge in [-0.3, -0.25) is 19.0 Å². The number of aromatic nitrogens is 5. The van der Waals surface area contributed by atoms with Crippen LogP contribution in [-0.2, 0) is 4.79 Å². The van der Waals surface area contributed by atoms with Gasteiger partial charge in [0.05, 0.1) is 18.8 Å². The molecule has 0 aliphatic rings. The Morgan fingerprint density at radius 1 is 1.19 bits per heavy atom. The second-order valence-corrected chi connectivity index (χ2v) is 6.51. The number of carbonyl (C=O) groups excluding carboxylic acids is 2. The van der Waals surface area contributed by atoms with Gasteiger partial charge in [-0.1, -0.05) is 19.9 Å². The Kier molecular flexibility index (Phi) is 5.70. The third kappa shape index (κ3) is 4.63. The lowest BCUT2D eigenvalue weighted by atomic mass is 10.0. The molecule has 0 saturated heterocycles. The van der Waals surface area contributed by atoms with Crippen LogP contribution in [0.25, 0.3) is 5.65 Å². The highest BCUT2D eigenvalue weighted by molar-refractivity contribution is 5.94. The first-order chi connectivity index (χ1) is 13.0. The molecule has 1 atom stereocenters. The Hall–Kier alpha value is -3.36. The lowest BCUT2D eigenvalue weighted by Gasteiger charge is -2.19. The first kappa shape index (κ1) is 18.4. The van der Waals surface area contributed by atoms with E-state index >= 15 is 0 Å². The van der Waals surface area contributed by atoms with Gasteiger partial charge in [-0.2, -0.15) is 0 Å². The predicted octanol–water partition coefficient (Wildman–Crippen LogP) is 1.15. The maximum Gasteiger partial charge on any atom is 0.271 e. The maximum absolute atomic E-state index is 12.4. The Morgan fingerprint density at radius 2 is 2.04 bits per heavy atom. The fraction of sp³-hybridized carbons (Fsp3) is 0.333. The van der Waals surface area contributed by atoms with E-state index in [1.807, 2.05) is 28.8 Å². The van der Waals surface area contributed by atoms with Crippen LogP contribution in [0.1, 0.15) is 42.6 Å². The van der Waals surface area contributed by atoms with Gasteiger partial charge >= 0.3 is 0 Å². The number of nitrogens with zero attached hydrogens (tertiary/aromatic N) is 5. The quantitative estimate of drug-likeness (QED) is 0.647. The number of pyridine rings is 1. The van der Waals surface area contributed by atoms with Crippen molar-refractivity contribution < 1.29 is 9.59 Å². The molecule has 3 heterocycles. The monoisotopic (exact) mass is 367 g/mol. The fourth-order valence-corrected chi connectivity index (χ4v) is 2.71. The molecule has 140 valence electrons. The molecule has 3 aromatic heterocycles. The molecule has 0 bridgehead atoms. The minimum absolute atomic E-state index is 0.160. The van der Waals surface area contributed by atoms with Gasteiger partial charge in [0.25, 0.3) is 5.91 Å². The van der Waals surface area contributed by atoms with Crippen molar-refractivity contribution in [3.63, 3.8) is 0 Å². The van der Waals surface area contributed by atoms with Gasteiger partial charge in [-0.05, 0) is 24.5 Å². The van der Waals surface area contributed by atoms with Gasteiger partial charge < -0.3 is 10.6 Å². The molecule has 0 radical (unpaired) electrons. The molecule has 9 nitrogen and oxygen atoms in total. The zero-order valence-corrected chi connectivity index (χ0v) is 15.2. The summed E-state index contributed by atoms with van der Waals surface area (Å²) in [5.41, 5.74) is 0.874. The molecule has 0 aliphatic carbocycles. The van der Waals surface area contributed by atoms with Crippen LogP contribution < -0.4 is 10.6 Å². The lowest BCUT2D eigenvalue weighted by molar-refractivity contribution is -0.121. The predicted molar refractivity (Wildman–Crippen MR) is 97.7 cm³/mol. The number of hydrogen-bond acceptors (Lipinski definition) is 6. The lowest BCUT2D eigenvalue weighted by Crippen LogP contribution is -2.39. The van der Waals surface area contributed by atoms with Crippen LogP contribution >= 0.6 is 0 Å². The number of carbonyl (C=O) groups is 2. The zero-order chi connectivity index (χ0) is 19.2. The summed E-state index contributed by atoms with van der Waals surface area (Å²) in [7, 11) is 0. The van der Waals surface area contributed by atoms with Crippen LogP contribution in [0.5, 0.6) is 0 Å². The molecule has 2 N–H and O–H groups in total. The van der Waals surface area contributed by atoms with Crippen molar-refractivity contribution in [1.29, 1.82) is 0 Å². The highest BCUT2D eigenvalue weighted by atomic mass is 16.2. The standard InChI is InChI=1S/C18H21N7O2/c1-12(2)9-13(17-24-23-15-5-3-4-8-25(15)17)22-16(26)11-21-18(27)14-10-19-6-7-20-14/h3-8,10,12-13H,9,11H2,1-2H3,(H,21,27)(H,22,26)/t13-/m1/s1. The Morgan fingerprint density at radius 3 is 2.78 bits per heavy atom. The van der Waals surface area contributed by atoms with Crippen LogP contribution in [0.15, 0.2) is 43.0 Å². The largest absolute Gasteiger partial charge is 0.345 e. The SMILES string of the molecule is CC(C)C[C@@H](NC(=O)CNC(=O)c1cnccn1)c1nnc2ccccn12. The summed E-state index contributed by atoms with van der Waals surface area (Å²) in [5, 5.41) is 13.9. The van der Waals surface area contributed by atoms with Gasteiger partial charge in [-0.25, -0.2) is 4.98 Å². The number of nitrogens with one attached hydrogen (secondary N) is 2. The van der Waals surface area contributed by atoms with Crippen LogP contribution in [0, 0.1) is 5.92 Å². The third-order valence-corrected chi connectivity index (χ3v) is 3.90. The first-order valence-corrected chi connectivity index (χ1v) is 8.68. The van der Waals surface area contributed by atoms with Gasteiger partial charge in [0.1, 0.15) is 5.69 Å². The molecular weight excluding hydrogens is 346 g/mol. The molecule has 0 spiro atoms. The zero-order valence-electron chi connectivity index (χ0n) is 15.2. The number of fused-ring (bicyclic) bond motifs is 1. The minimum atomic E-state index is -0.452. The van der Waals surface area contributed by atoms with Crippen molar-refractivity contribution >= 4 is 17.5 Å². The van der Waals surface area contributed by atoms with E-state index in [0.717, 1.165) is 0 Å². The average Bonchev–Trinajstić information content (AvgIpc) is 3.10. The molecule has 3 aromatic rings. The highest BCUT2D eigenvalue weighted by Gasteiger charge is 2.22. The molecule has 0 saturated carbocycles. The van der Waals surface area contributed by atoms with Crippen LogP contribution in [0.4, 0.5) is 0 Å². The van der Waals surface area contributed by atoms with Gasteiger partial charge in [-0.15, -0.1) is 10.2 Å². The molecule has 3 rings (SSSR count). The average molecular weight is 367 g/mol. The van der Waals surface area contributed by atoms with Crippen molar-refractivity contribution in [2.45, 2.75) is 26.3 Å². The molecule has 0 aromatic carbocycles. The number of rotatable bonds is 7. The van der Waals surface area contributed by atoms with Crippen molar-refractivity contribution in [2.24, 2.45) is 5.92 Å². The highest BCUT2D eigenvalue weighted by Crippen LogP contribution is 2.20. The fourth-order valence-electron chi connectivity index (χ4n) is 2.71. The summed E-state index contributed by atoms with van der Waals surface area (Å²) < 4.78 is 1.85. The van der Waals surface area contributed by atoms with Gasteiger partial charge in [0.2, 0.25) is 5.91 Å². The molecule has 27 heavy (non-hydrogen) atoms. The Balaban J connectivity index is 1.67. The number of hydrogen-bond donors (Lipinski definition) is 2. The third-order valence-electron chi connectivity index (χ3n) is 3.90. The Labute approximate surface area is 156 Å². The van der Waals surface area contributed by atoms with E-state index in [9.17, 15) is 9.59 Å². The van der Waals surface area contributed by atoms with Crippen LogP contribution in [0.3, 0.4) is 0 Å². The topological polar surface area (TPSA) is 114 Å². The van der Waals surface area contributed by atoms with Crippen molar-refractivity contribution in [3.05, 3.63) is 54.5 Å². The summed E-state index contributed by atoms with van der Waals surface area (Å²) in [4.78, 5) is 32.1. The second-order valence-electron chi connectivity index (χ2n) is 6.51. The number of amides is 2. The van der Waals surface area contributed by atoms with E-state index in [1.54, 1.807) is 0 Å². The normalized spacial score (nSPS) is 12.1. The van der Waals surface area contributed by atoms with Gasteiger partial charge in [0, 0.05) is 18.6 Å². The van der Waals surface area contributed by atoms with E-state index in [1.165, 1.54) is 18.6 Å². The van der Waals surface area contributed by atoms with Crippen LogP contribution in [0.2, 0.25) is 0 Å². The van der Waals surface area contributed by atoms with E-state index in [-0.39, 0.29) is 24.2 Å². The van der Waals surface area contributed by atoms with Crippen LogP contribution in [-0.4, -0.2) is 42.9 Å². The van der Waals surface area contributed by atoms with Crippen molar-refractivity contribution in [1.82, 2.24) is 35.2 Å². The van der Waals surface area contributed by atoms with Gasteiger partial charge in [0.15, 0.2) is 11.5 Å². The summed E-state index contributed by atoms with van der Waals surface area (Å²) in [6.45, 7) is 3.97. The Bertz CT molecular complexity index is 924. The van der Waals surface area contributed by atoms with E-state index in [2.05, 4.69) is 44.6 Å². The summed E-state index contributed by atoms with van der Waals surface area (Å²) >= 11 is 0. The molecule has 2 amide bonds. The van der Waals surface area contributed by atoms with E-state index in [0.29, 0.717) is 23.8 Å². The molecular formula is C18H21N7O2. The molecule has 0 aliphatic heterocycles. The minimum Gasteiger partial charge on any atom is -0.345 e. The van der Waals surface area contributed by atoms with E-state index in [4.69, 9.17) is 0 Å².